The van der Waals surface area contributed by atoms with Crippen LogP contribution in [0.2, 0.25) is 0 Å². The summed E-state index contributed by atoms with van der Waals surface area (Å²) in [7, 11) is 3.62. The van der Waals surface area contributed by atoms with Gasteiger partial charge in [-0.05, 0) is 11.6 Å². The molecule has 0 bridgehead atoms. The van der Waals surface area contributed by atoms with E-state index in [2.05, 4.69) is 6.07 Å². The molecule has 0 N–H and O–H groups in total. The molecule has 0 unspecified atom stereocenters. The van der Waals surface area contributed by atoms with Crippen LogP contribution in [-0.2, 0) is 6.54 Å². The van der Waals surface area contributed by atoms with Crippen LogP contribution in [0.5, 0.6) is 0 Å². The molecule has 1 aliphatic heterocycles. The number of carbonyl (C=O) groups excluding carboxylic acids is 1. The number of benzene rings is 1. The standard InChI is InChI=1S/C10H12N2O.C2H6/c1-11-7-8-5-3-4-6-9(8)12(2)10(11)13;1-2/h3-6H,7H2,1-2H3;1-2H3. The fourth-order valence-electron chi connectivity index (χ4n) is 1.65. The van der Waals surface area contributed by atoms with Crippen molar-refractivity contribution < 1.29 is 4.79 Å². The van der Waals surface area contributed by atoms with E-state index in [9.17, 15) is 4.79 Å². The van der Waals surface area contributed by atoms with Crippen LogP contribution in [-0.4, -0.2) is 25.0 Å². The number of anilines is 1. The maximum atomic E-state index is 11.5. The molecule has 2 amide bonds. The average molecular weight is 206 g/mol. The first kappa shape index (κ1) is 11.6. The van der Waals surface area contributed by atoms with Crippen LogP contribution in [0.3, 0.4) is 0 Å². The summed E-state index contributed by atoms with van der Waals surface area (Å²) in [4.78, 5) is 14.9. The maximum Gasteiger partial charge on any atom is 0.324 e. The second kappa shape index (κ2) is 4.82. The summed E-state index contributed by atoms with van der Waals surface area (Å²) in [6.07, 6.45) is 0. The van der Waals surface area contributed by atoms with Crippen LogP contribution in [0.15, 0.2) is 24.3 Å². The van der Waals surface area contributed by atoms with Gasteiger partial charge in [-0.15, -0.1) is 0 Å². The van der Waals surface area contributed by atoms with Gasteiger partial charge in [-0.25, -0.2) is 4.79 Å². The third-order valence-corrected chi connectivity index (χ3v) is 2.37. The highest BCUT2D eigenvalue weighted by Gasteiger charge is 2.23. The molecule has 0 spiro atoms. The van der Waals surface area contributed by atoms with Crippen LogP contribution in [0.25, 0.3) is 0 Å². The molecule has 82 valence electrons. The SMILES string of the molecule is CC.CN1Cc2ccccc2N(C)C1=O. The normalized spacial score (nSPS) is 14.3. The Morgan fingerprint density at radius 2 is 1.73 bits per heavy atom. The highest BCUT2D eigenvalue weighted by Crippen LogP contribution is 2.25. The second-order valence-corrected chi connectivity index (χ2v) is 3.33. The van der Waals surface area contributed by atoms with Crippen LogP contribution in [0.4, 0.5) is 10.5 Å². The Hall–Kier alpha value is -1.51. The summed E-state index contributed by atoms with van der Waals surface area (Å²) in [5, 5.41) is 0. The first-order valence-corrected chi connectivity index (χ1v) is 5.27. The number of hydrogen-bond donors (Lipinski definition) is 0. The number of para-hydroxylation sites is 1. The summed E-state index contributed by atoms with van der Waals surface area (Å²) in [5.74, 6) is 0. The Kier molecular flexibility index (Phi) is 3.72. The fraction of sp³-hybridized carbons (Fsp3) is 0.417. The molecule has 1 aliphatic rings. The Balaban J connectivity index is 0.000000531. The summed E-state index contributed by atoms with van der Waals surface area (Å²) in [6.45, 7) is 4.71. The van der Waals surface area contributed by atoms with E-state index in [4.69, 9.17) is 0 Å². The van der Waals surface area contributed by atoms with E-state index < -0.39 is 0 Å². The van der Waals surface area contributed by atoms with Crippen LogP contribution < -0.4 is 4.90 Å². The number of nitrogens with zero attached hydrogens (tertiary/aromatic N) is 2. The molecule has 15 heavy (non-hydrogen) atoms. The Morgan fingerprint density at radius 3 is 2.40 bits per heavy atom. The van der Waals surface area contributed by atoms with Gasteiger partial charge in [0.2, 0.25) is 0 Å². The van der Waals surface area contributed by atoms with E-state index in [1.54, 1.807) is 16.8 Å². The van der Waals surface area contributed by atoms with Crippen molar-refractivity contribution in [1.82, 2.24) is 4.90 Å². The van der Waals surface area contributed by atoms with E-state index in [-0.39, 0.29) is 6.03 Å². The van der Waals surface area contributed by atoms with Crippen molar-refractivity contribution in [2.24, 2.45) is 0 Å². The summed E-state index contributed by atoms with van der Waals surface area (Å²) in [6, 6.07) is 8.03. The molecular formula is C12H18N2O. The molecule has 0 radical (unpaired) electrons. The molecule has 3 heteroatoms. The Labute approximate surface area is 91.3 Å². The van der Waals surface area contributed by atoms with E-state index in [1.165, 1.54) is 5.56 Å². The zero-order valence-corrected chi connectivity index (χ0v) is 9.82. The zero-order chi connectivity index (χ0) is 11.4. The molecule has 0 saturated carbocycles. The maximum absolute atomic E-state index is 11.5. The molecular weight excluding hydrogens is 188 g/mol. The Bertz CT molecular complexity index is 349. The number of fused-ring (bicyclic) bond motifs is 1. The molecule has 0 aliphatic carbocycles. The lowest BCUT2D eigenvalue weighted by atomic mass is 10.1. The number of hydrogen-bond acceptors (Lipinski definition) is 1. The van der Waals surface area contributed by atoms with Crippen molar-refractivity contribution in [3.05, 3.63) is 29.8 Å². The predicted octanol–water partition coefficient (Wildman–Crippen LogP) is 2.71. The predicted molar refractivity (Wildman–Crippen MR) is 63.1 cm³/mol. The van der Waals surface area contributed by atoms with Gasteiger partial charge in [0.05, 0.1) is 5.69 Å². The lowest BCUT2D eigenvalue weighted by Gasteiger charge is -2.32. The quantitative estimate of drug-likeness (QED) is 0.640. The van der Waals surface area contributed by atoms with E-state index >= 15 is 0 Å². The van der Waals surface area contributed by atoms with Gasteiger partial charge in [-0.1, -0.05) is 32.0 Å². The van der Waals surface area contributed by atoms with Crippen LogP contribution >= 0.6 is 0 Å². The zero-order valence-electron chi connectivity index (χ0n) is 9.82. The molecule has 0 aromatic heterocycles. The highest BCUT2D eigenvalue weighted by atomic mass is 16.2. The number of carbonyl (C=O) groups is 1. The molecule has 0 fully saturated rings. The van der Waals surface area contributed by atoms with Crippen LogP contribution in [0.1, 0.15) is 19.4 Å². The minimum Gasteiger partial charge on any atom is -0.323 e. The van der Waals surface area contributed by atoms with E-state index in [0.717, 1.165) is 5.69 Å². The average Bonchev–Trinajstić information content (AvgIpc) is 2.29. The Morgan fingerprint density at radius 1 is 1.13 bits per heavy atom. The summed E-state index contributed by atoms with van der Waals surface area (Å²) in [5.41, 5.74) is 2.22. The van der Waals surface area contributed by atoms with Gasteiger partial charge in [0.15, 0.2) is 0 Å². The van der Waals surface area contributed by atoms with E-state index in [1.807, 2.05) is 39.1 Å². The molecule has 0 saturated heterocycles. The van der Waals surface area contributed by atoms with Crippen molar-refractivity contribution in [3.63, 3.8) is 0 Å². The minimum absolute atomic E-state index is 0.0544. The first-order valence-electron chi connectivity index (χ1n) is 5.27. The van der Waals surface area contributed by atoms with Crippen molar-refractivity contribution in [3.8, 4) is 0 Å². The van der Waals surface area contributed by atoms with Gasteiger partial charge in [-0.3, -0.25) is 4.90 Å². The molecule has 1 aromatic rings. The summed E-state index contributed by atoms with van der Waals surface area (Å²) >= 11 is 0. The number of amides is 2. The molecule has 1 aromatic carbocycles. The van der Waals surface area contributed by atoms with Gasteiger partial charge < -0.3 is 4.90 Å². The molecule has 2 rings (SSSR count). The van der Waals surface area contributed by atoms with Gasteiger partial charge in [-0.2, -0.15) is 0 Å². The third kappa shape index (κ3) is 2.12. The summed E-state index contributed by atoms with van der Waals surface area (Å²) < 4.78 is 0. The topological polar surface area (TPSA) is 23.6 Å². The molecule has 3 nitrogen and oxygen atoms in total. The van der Waals surface area contributed by atoms with Gasteiger partial charge in [0.25, 0.3) is 0 Å². The van der Waals surface area contributed by atoms with Gasteiger partial charge in [0.1, 0.15) is 0 Å². The molecule has 1 heterocycles. The monoisotopic (exact) mass is 206 g/mol. The van der Waals surface area contributed by atoms with Gasteiger partial charge in [0, 0.05) is 20.6 Å². The van der Waals surface area contributed by atoms with Crippen molar-refractivity contribution in [2.45, 2.75) is 20.4 Å². The van der Waals surface area contributed by atoms with Crippen molar-refractivity contribution >= 4 is 11.7 Å². The lowest BCUT2D eigenvalue weighted by Crippen LogP contribution is -2.42. The van der Waals surface area contributed by atoms with E-state index in [0.29, 0.717) is 6.54 Å². The van der Waals surface area contributed by atoms with Crippen LogP contribution in [0, 0.1) is 0 Å². The largest absolute Gasteiger partial charge is 0.324 e. The van der Waals surface area contributed by atoms with Crippen molar-refractivity contribution in [2.75, 3.05) is 19.0 Å². The fourth-order valence-corrected chi connectivity index (χ4v) is 1.65. The minimum atomic E-state index is 0.0544. The first-order chi connectivity index (χ1) is 7.20. The van der Waals surface area contributed by atoms with Crippen molar-refractivity contribution in [1.29, 1.82) is 0 Å². The highest BCUT2D eigenvalue weighted by molar-refractivity contribution is 5.94. The number of rotatable bonds is 0. The smallest absolute Gasteiger partial charge is 0.323 e. The van der Waals surface area contributed by atoms with Gasteiger partial charge >= 0.3 is 6.03 Å². The third-order valence-electron chi connectivity index (χ3n) is 2.37. The number of urea groups is 1. The second-order valence-electron chi connectivity index (χ2n) is 3.33. The molecule has 0 atom stereocenters. The lowest BCUT2D eigenvalue weighted by molar-refractivity contribution is 0.212.